The molecular formula is C21H29ClFN3O. The van der Waals surface area contributed by atoms with Crippen molar-refractivity contribution in [3.05, 3.63) is 40.0 Å². The van der Waals surface area contributed by atoms with Crippen LogP contribution in [0.2, 0.25) is 0 Å². The number of carbonyl (C=O) groups excluding carboxylic acids is 1. The van der Waals surface area contributed by atoms with Crippen molar-refractivity contribution in [1.29, 1.82) is 0 Å². The summed E-state index contributed by atoms with van der Waals surface area (Å²) >= 11 is 6.26. The van der Waals surface area contributed by atoms with Crippen molar-refractivity contribution in [3.63, 3.8) is 0 Å². The van der Waals surface area contributed by atoms with Crippen molar-refractivity contribution in [2.45, 2.75) is 59.0 Å². The molecule has 1 heterocycles. The van der Waals surface area contributed by atoms with E-state index in [0.29, 0.717) is 24.8 Å². The number of halogens is 2. The molecule has 2 aliphatic rings. The summed E-state index contributed by atoms with van der Waals surface area (Å²) in [6, 6.07) is 0. The van der Waals surface area contributed by atoms with Gasteiger partial charge in [-0.1, -0.05) is 37.9 Å². The summed E-state index contributed by atoms with van der Waals surface area (Å²) in [4.78, 5) is 20.6. The van der Waals surface area contributed by atoms with Crippen LogP contribution < -0.4 is 5.32 Å². The quantitative estimate of drug-likeness (QED) is 0.700. The lowest BCUT2D eigenvalue weighted by molar-refractivity contribution is -0.125. The second-order valence-electron chi connectivity index (χ2n) is 8.32. The molecule has 27 heavy (non-hydrogen) atoms. The second kappa shape index (κ2) is 8.17. The first-order valence-electron chi connectivity index (χ1n) is 9.81. The van der Waals surface area contributed by atoms with E-state index in [1.165, 1.54) is 0 Å². The molecule has 3 unspecified atom stereocenters. The number of carbonyl (C=O) groups is 1. The molecular weight excluding hydrogens is 365 g/mol. The molecule has 2 aliphatic carbocycles. The Morgan fingerprint density at radius 3 is 2.67 bits per heavy atom. The Kier molecular flexibility index (Phi) is 6.09. The van der Waals surface area contributed by atoms with Crippen molar-refractivity contribution < 1.29 is 9.18 Å². The SMILES string of the molecule is Cc1c[nH]c(C(C)C2=C(CC(C)C)C(C(=O)NCC3CC3)C(F)C(Cl)=C2)n1. The molecule has 4 nitrogen and oxygen atoms in total. The molecule has 1 aromatic rings. The van der Waals surface area contributed by atoms with E-state index in [4.69, 9.17) is 11.6 Å². The Morgan fingerprint density at radius 1 is 1.41 bits per heavy atom. The molecule has 148 valence electrons. The van der Waals surface area contributed by atoms with Crippen LogP contribution >= 0.6 is 11.6 Å². The molecule has 1 amide bonds. The number of hydrogen-bond acceptors (Lipinski definition) is 2. The van der Waals surface area contributed by atoms with Crippen molar-refractivity contribution in [3.8, 4) is 0 Å². The van der Waals surface area contributed by atoms with Gasteiger partial charge in [0.1, 0.15) is 5.82 Å². The topological polar surface area (TPSA) is 57.8 Å². The average Bonchev–Trinajstić information content (AvgIpc) is 3.34. The van der Waals surface area contributed by atoms with Gasteiger partial charge in [-0.2, -0.15) is 0 Å². The number of hydrogen-bond donors (Lipinski definition) is 2. The molecule has 3 atom stereocenters. The summed E-state index contributed by atoms with van der Waals surface area (Å²) in [5.74, 6) is 0.445. The predicted octanol–water partition coefficient (Wildman–Crippen LogP) is 4.78. The number of aryl methyl sites for hydroxylation is 1. The van der Waals surface area contributed by atoms with E-state index < -0.39 is 12.1 Å². The Labute approximate surface area is 165 Å². The van der Waals surface area contributed by atoms with E-state index in [2.05, 4.69) is 29.1 Å². The number of nitrogens with zero attached hydrogens (tertiary/aromatic N) is 1. The van der Waals surface area contributed by atoms with Crippen molar-refractivity contribution in [1.82, 2.24) is 15.3 Å². The van der Waals surface area contributed by atoms with Gasteiger partial charge >= 0.3 is 0 Å². The molecule has 0 radical (unpaired) electrons. The van der Waals surface area contributed by atoms with Crippen LogP contribution in [-0.2, 0) is 4.79 Å². The zero-order chi connectivity index (χ0) is 19.7. The number of imidazole rings is 1. The monoisotopic (exact) mass is 393 g/mol. The minimum Gasteiger partial charge on any atom is -0.355 e. The van der Waals surface area contributed by atoms with Crippen LogP contribution in [0.3, 0.4) is 0 Å². The lowest BCUT2D eigenvalue weighted by Gasteiger charge is -2.32. The Hall–Kier alpha value is -1.62. The second-order valence-corrected chi connectivity index (χ2v) is 8.76. The third kappa shape index (κ3) is 4.63. The van der Waals surface area contributed by atoms with Gasteiger partial charge in [-0.25, -0.2) is 9.37 Å². The van der Waals surface area contributed by atoms with Crippen molar-refractivity contribution in [2.24, 2.45) is 17.8 Å². The molecule has 3 rings (SSSR count). The maximum absolute atomic E-state index is 15.1. The molecule has 2 N–H and O–H groups in total. The van der Waals surface area contributed by atoms with Gasteiger partial charge in [0.05, 0.1) is 16.6 Å². The molecule has 0 aliphatic heterocycles. The molecule has 6 heteroatoms. The van der Waals surface area contributed by atoms with Gasteiger partial charge in [0, 0.05) is 18.7 Å². The molecule has 1 aromatic heterocycles. The molecule has 0 bridgehead atoms. The van der Waals surface area contributed by atoms with E-state index in [1.807, 2.05) is 20.0 Å². The molecule has 0 aromatic carbocycles. The van der Waals surface area contributed by atoms with Crippen LogP contribution in [0.25, 0.3) is 0 Å². The fourth-order valence-corrected chi connectivity index (χ4v) is 3.94. The zero-order valence-electron chi connectivity index (χ0n) is 16.5. The Balaban J connectivity index is 1.97. The number of allylic oxidation sites excluding steroid dienone is 3. The summed E-state index contributed by atoms with van der Waals surface area (Å²) in [5, 5.41) is 3.05. The Morgan fingerprint density at radius 2 is 2.11 bits per heavy atom. The average molecular weight is 394 g/mol. The minimum absolute atomic E-state index is 0.0903. The number of rotatable bonds is 7. The predicted molar refractivity (Wildman–Crippen MR) is 106 cm³/mol. The fraction of sp³-hybridized carbons (Fsp3) is 0.619. The fourth-order valence-electron chi connectivity index (χ4n) is 3.69. The van der Waals surface area contributed by atoms with Gasteiger partial charge in [0.15, 0.2) is 6.17 Å². The summed E-state index contributed by atoms with van der Waals surface area (Å²) in [6.45, 7) is 8.73. The molecule has 0 saturated heterocycles. The zero-order valence-corrected chi connectivity index (χ0v) is 17.2. The molecule has 1 saturated carbocycles. The van der Waals surface area contributed by atoms with Gasteiger partial charge < -0.3 is 10.3 Å². The number of aromatic amines is 1. The first kappa shape index (κ1) is 20.1. The lowest BCUT2D eigenvalue weighted by Crippen LogP contribution is -2.40. The van der Waals surface area contributed by atoms with Crippen molar-refractivity contribution >= 4 is 17.5 Å². The van der Waals surface area contributed by atoms with Crippen LogP contribution in [-0.4, -0.2) is 28.6 Å². The summed E-state index contributed by atoms with van der Waals surface area (Å²) in [7, 11) is 0. The minimum atomic E-state index is -1.49. The van der Waals surface area contributed by atoms with Gasteiger partial charge in [0.25, 0.3) is 0 Å². The number of H-pyrrole nitrogens is 1. The highest BCUT2D eigenvalue weighted by molar-refractivity contribution is 6.30. The number of aromatic nitrogens is 2. The van der Waals surface area contributed by atoms with Crippen LogP contribution in [0.5, 0.6) is 0 Å². The Bertz CT molecular complexity index is 763. The largest absolute Gasteiger partial charge is 0.355 e. The van der Waals surface area contributed by atoms with E-state index in [9.17, 15) is 4.79 Å². The van der Waals surface area contributed by atoms with E-state index in [0.717, 1.165) is 35.5 Å². The maximum atomic E-state index is 15.1. The third-order valence-electron chi connectivity index (χ3n) is 5.37. The van der Waals surface area contributed by atoms with Gasteiger partial charge in [0.2, 0.25) is 5.91 Å². The van der Waals surface area contributed by atoms with E-state index in [-0.39, 0.29) is 16.9 Å². The maximum Gasteiger partial charge on any atom is 0.230 e. The smallest absolute Gasteiger partial charge is 0.230 e. The van der Waals surface area contributed by atoms with Gasteiger partial charge in [-0.3, -0.25) is 4.79 Å². The number of amides is 1. The lowest BCUT2D eigenvalue weighted by atomic mass is 9.77. The first-order chi connectivity index (χ1) is 12.8. The van der Waals surface area contributed by atoms with Gasteiger partial charge in [-0.15, -0.1) is 0 Å². The van der Waals surface area contributed by atoms with E-state index >= 15 is 4.39 Å². The van der Waals surface area contributed by atoms with Gasteiger partial charge in [-0.05, 0) is 49.7 Å². The summed E-state index contributed by atoms with van der Waals surface area (Å²) in [6.07, 6.45) is 4.99. The van der Waals surface area contributed by atoms with Crippen LogP contribution in [0, 0.1) is 24.7 Å². The highest BCUT2D eigenvalue weighted by atomic mass is 35.5. The number of alkyl halides is 1. The van der Waals surface area contributed by atoms with Crippen LogP contribution in [0.4, 0.5) is 4.39 Å². The summed E-state index contributed by atoms with van der Waals surface area (Å²) < 4.78 is 15.1. The highest BCUT2D eigenvalue weighted by Gasteiger charge is 2.40. The molecule has 1 fully saturated rings. The standard InChI is InChI=1S/C21H29ClFN3O/c1-11(2)7-16-15(13(4)20-24-9-12(3)26-20)8-17(22)19(23)18(16)21(27)25-10-14-5-6-14/h8-9,11,13-14,18-19H,5-7,10H2,1-4H3,(H,24,26)(H,25,27). The number of nitrogens with one attached hydrogen (secondary N) is 2. The van der Waals surface area contributed by atoms with Crippen LogP contribution in [0.1, 0.15) is 57.5 Å². The first-order valence-corrected chi connectivity index (χ1v) is 10.2. The third-order valence-corrected chi connectivity index (χ3v) is 5.69. The summed E-state index contributed by atoms with van der Waals surface area (Å²) in [5.41, 5.74) is 2.65. The van der Waals surface area contributed by atoms with E-state index in [1.54, 1.807) is 6.08 Å². The normalized spacial score (nSPS) is 24.2. The van der Waals surface area contributed by atoms with Crippen LogP contribution in [0.15, 0.2) is 28.5 Å². The molecule has 0 spiro atoms. The van der Waals surface area contributed by atoms with Crippen molar-refractivity contribution in [2.75, 3.05) is 6.54 Å². The highest BCUT2D eigenvalue weighted by Crippen LogP contribution is 2.42.